The summed E-state index contributed by atoms with van der Waals surface area (Å²) in [5.41, 5.74) is 2.96. The predicted molar refractivity (Wildman–Crippen MR) is 123 cm³/mol. The third kappa shape index (κ3) is 4.79. The van der Waals surface area contributed by atoms with Crippen LogP contribution in [-0.2, 0) is 4.79 Å². The van der Waals surface area contributed by atoms with Gasteiger partial charge in [-0.3, -0.25) is 14.4 Å². The van der Waals surface area contributed by atoms with E-state index in [2.05, 4.69) is 10.4 Å². The van der Waals surface area contributed by atoms with Gasteiger partial charge in [-0.05, 0) is 43.2 Å². The van der Waals surface area contributed by atoms with Crippen LogP contribution in [0.1, 0.15) is 46.5 Å². The molecule has 0 aliphatic heterocycles. The second kappa shape index (κ2) is 9.68. The molecule has 0 radical (unpaired) electrons. The van der Waals surface area contributed by atoms with Crippen LogP contribution >= 0.6 is 0 Å². The first-order valence-electron chi connectivity index (χ1n) is 11.0. The minimum absolute atomic E-state index is 0.0919. The molecule has 170 valence electrons. The van der Waals surface area contributed by atoms with Crippen molar-refractivity contribution in [2.45, 2.75) is 31.7 Å². The average molecular weight is 447 g/mol. The number of carbonyl (C=O) groups excluding carboxylic acids is 2. The number of carboxylic acids is 1. The lowest BCUT2D eigenvalue weighted by molar-refractivity contribution is -0.138. The first-order chi connectivity index (χ1) is 16.0. The summed E-state index contributed by atoms with van der Waals surface area (Å²) in [5, 5.41) is 16.6. The number of amides is 2. The van der Waals surface area contributed by atoms with Gasteiger partial charge in [0.25, 0.3) is 11.8 Å². The van der Waals surface area contributed by atoms with Gasteiger partial charge < -0.3 is 15.3 Å². The van der Waals surface area contributed by atoms with Crippen LogP contribution in [-0.4, -0.2) is 57.2 Å². The summed E-state index contributed by atoms with van der Waals surface area (Å²) < 4.78 is 1.66. The Labute approximate surface area is 191 Å². The van der Waals surface area contributed by atoms with Crippen molar-refractivity contribution in [1.82, 2.24) is 20.0 Å². The first-order valence-corrected chi connectivity index (χ1v) is 11.0. The zero-order valence-corrected chi connectivity index (χ0v) is 18.4. The van der Waals surface area contributed by atoms with Gasteiger partial charge in [0.1, 0.15) is 6.54 Å². The number of hydrogen-bond acceptors (Lipinski definition) is 4. The molecule has 2 amide bonds. The maximum absolute atomic E-state index is 13.4. The van der Waals surface area contributed by atoms with E-state index in [-0.39, 0.29) is 30.1 Å². The molecule has 0 unspecified atom stereocenters. The van der Waals surface area contributed by atoms with Crippen molar-refractivity contribution >= 4 is 17.8 Å². The van der Waals surface area contributed by atoms with E-state index in [1.807, 2.05) is 30.3 Å². The van der Waals surface area contributed by atoms with Crippen molar-refractivity contribution in [2.24, 2.45) is 0 Å². The SMILES string of the molecule is CNC(=O)c1ccc(-n2nc(C(=O)N(CC(=O)O)C3CCCC3)cc2-c2ccccc2)cc1. The highest BCUT2D eigenvalue weighted by Gasteiger charge is 2.31. The summed E-state index contributed by atoms with van der Waals surface area (Å²) in [6.45, 7) is -0.349. The van der Waals surface area contributed by atoms with Crippen molar-refractivity contribution in [3.05, 3.63) is 71.9 Å². The molecular formula is C25H26N4O4. The molecule has 1 aliphatic rings. The fraction of sp³-hybridized carbons (Fsp3) is 0.280. The van der Waals surface area contributed by atoms with Gasteiger partial charge in [-0.1, -0.05) is 43.2 Å². The molecule has 1 fully saturated rings. The highest BCUT2D eigenvalue weighted by molar-refractivity contribution is 5.96. The molecule has 33 heavy (non-hydrogen) atoms. The molecule has 2 N–H and O–H groups in total. The summed E-state index contributed by atoms with van der Waals surface area (Å²) in [7, 11) is 1.57. The van der Waals surface area contributed by atoms with Crippen molar-refractivity contribution in [1.29, 1.82) is 0 Å². The van der Waals surface area contributed by atoms with Crippen molar-refractivity contribution in [2.75, 3.05) is 13.6 Å². The summed E-state index contributed by atoms with van der Waals surface area (Å²) >= 11 is 0. The van der Waals surface area contributed by atoms with Crippen LogP contribution in [0.4, 0.5) is 0 Å². The molecule has 4 rings (SSSR count). The van der Waals surface area contributed by atoms with Gasteiger partial charge >= 0.3 is 5.97 Å². The summed E-state index contributed by atoms with van der Waals surface area (Å²) in [4.78, 5) is 38.2. The van der Waals surface area contributed by atoms with Gasteiger partial charge in [0, 0.05) is 24.2 Å². The molecule has 0 saturated heterocycles. The molecule has 1 aliphatic carbocycles. The topological polar surface area (TPSA) is 105 Å². The zero-order chi connectivity index (χ0) is 23.4. The molecule has 0 atom stereocenters. The normalized spacial score (nSPS) is 13.6. The van der Waals surface area contributed by atoms with Gasteiger partial charge in [0.15, 0.2) is 5.69 Å². The van der Waals surface area contributed by atoms with Gasteiger partial charge in [0.05, 0.1) is 11.4 Å². The highest BCUT2D eigenvalue weighted by Crippen LogP contribution is 2.28. The number of rotatable bonds is 7. The number of nitrogens with one attached hydrogen (secondary N) is 1. The molecule has 0 bridgehead atoms. The Morgan fingerprint density at radius 3 is 2.33 bits per heavy atom. The van der Waals surface area contributed by atoms with E-state index in [9.17, 15) is 19.5 Å². The summed E-state index contributed by atoms with van der Waals surface area (Å²) in [6, 6.07) is 18.1. The molecule has 8 nitrogen and oxygen atoms in total. The lowest BCUT2D eigenvalue weighted by Crippen LogP contribution is -2.42. The Balaban J connectivity index is 1.75. The fourth-order valence-corrected chi connectivity index (χ4v) is 4.27. The number of aromatic nitrogens is 2. The third-order valence-corrected chi connectivity index (χ3v) is 5.93. The molecule has 0 spiro atoms. The Morgan fingerprint density at radius 2 is 1.73 bits per heavy atom. The number of carboxylic acid groups (broad SMARTS) is 1. The van der Waals surface area contributed by atoms with Crippen LogP contribution in [0.5, 0.6) is 0 Å². The molecule has 1 saturated carbocycles. The predicted octanol–water partition coefficient (Wildman–Crippen LogP) is 3.37. The fourth-order valence-electron chi connectivity index (χ4n) is 4.27. The zero-order valence-electron chi connectivity index (χ0n) is 18.4. The maximum atomic E-state index is 13.4. The number of carbonyl (C=O) groups is 3. The number of aliphatic carboxylic acids is 1. The van der Waals surface area contributed by atoms with E-state index < -0.39 is 5.97 Å². The summed E-state index contributed by atoms with van der Waals surface area (Å²) in [5.74, 6) is -1.62. The maximum Gasteiger partial charge on any atom is 0.323 e. The minimum atomic E-state index is -1.04. The second-order valence-corrected chi connectivity index (χ2v) is 8.08. The molecule has 3 aromatic rings. The standard InChI is InChI=1S/C25H26N4O4/c1-26-24(32)18-11-13-20(14-12-18)29-22(17-7-3-2-4-8-17)15-21(27-29)25(33)28(16-23(30)31)19-9-5-6-10-19/h2-4,7-8,11-15,19H,5-6,9-10,16H2,1H3,(H,26,32)(H,30,31). The van der Waals surface area contributed by atoms with Gasteiger partial charge in [0.2, 0.25) is 0 Å². The summed E-state index contributed by atoms with van der Waals surface area (Å²) in [6.07, 6.45) is 3.56. The quantitative estimate of drug-likeness (QED) is 0.579. The molecular weight excluding hydrogens is 420 g/mol. The van der Waals surface area contributed by atoms with E-state index in [1.165, 1.54) is 4.90 Å². The van der Waals surface area contributed by atoms with E-state index in [1.54, 1.807) is 42.1 Å². The van der Waals surface area contributed by atoms with Crippen LogP contribution in [0, 0.1) is 0 Å². The molecule has 1 heterocycles. The van der Waals surface area contributed by atoms with E-state index in [4.69, 9.17) is 0 Å². The largest absolute Gasteiger partial charge is 0.480 e. The smallest absolute Gasteiger partial charge is 0.323 e. The average Bonchev–Trinajstić information content (AvgIpc) is 3.53. The first kappa shape index (κ1) is 22.3. The molecule has 2 aromatic carbocycles. The van der Waals surface area contributed by atoms with Crippen LogP contribution in [0.3, 0.4) is 0 Å². The van der Waals surface area contributed by atoms with Crippen molar-refractivity contribution < 1.29 is 19.5 Å². The minimum Gasteiger partial charge on any atom is -0.480 e. The van der Waals surface area contributed by atoms with Crippen molar-refractivity contribution in [3.63, 3.8) is 0 Å². The lowest BCUT2D eigenvalue weighted by Gasteiger charge is -2.26. The van der Waals surface area contributed by atoms with E-state index in [0.717, 1.165) is 31.2 Å². The van der Waals surface area contributed by atoms with E-state index >= 15 is 0 Å². The molecule has 8 heteroatoms. The number of benzene rings is 2. The van der Waals surface area contributed by atoms with Gasteiger partial charge in [-0.15, -0.1) is 0 Å². The Hall–Kier alpha value is -3.94. The number of nitrogens with zero attached hydrogens (tertiary/aromatic N) is 3. The van der Waals surface area contributed by atoms with Crippen LogP contribution < -0.4 is 5.32 Å². The van der Waals surface area contributed by atoms with Crippen LogP contribution in [0.2, 0.25) is 0 Å². The van der Waals surface area contributed by atoms with Crippen molar-refractivity contribution in [3.8, 4) is 16.9 Å². The van der Waals surface area contributed by atoms with Gasteiger partial charge in [-0.2, -0.15) is 5.10 Å². The molecule has 1 aromatic heterocycles. The second-order valence-electron chi connectivity index (χ2n) is 8.08. The number of hydrogen-bond donors (Lipinski definition) is 2. The third-order valence-electron chi connectivity index (χ3n) is 5.93. The van der Waals surface area contributed by atoms with Crippen LogP contribution in [0.15, 0.2) is 60.7 Å². The Morgan fingerprint density at radius 1 is 1.06 bits per heavy atom. The Kier molecular flexibility index (Phi) is 6.53. The monoisotopic (exact) mass is 446 g/mol. The van der Waals surface area contributed by atoms with E-state index in [0.29, 0.717) is 16.9 Å². The van der Waals surface area contributed by atoms with Gasteiger partial charge in [-0.25, -0.2) is 4.68 Å². The van der Waals surface area contributed by atoms with Crippen LogP contribution in [0.25, 0.3) is 16.9 Å². The lowest BCUT2D eigenvalue weighted by atomic mass is 10.1. The Bertz CT molecular complexity index is 1150. The highest BCUT2D eigenvalue weighted by atomic mass is 16.4.